The number of fused-ring (bicyclic) bond motifs is 1. The highest BCUT2D eigenvalue weighted by Crippen LogP contribution is 2.24. The molecule has 4 rings (SSSR count). The third kappa shape index (κ3) is 3.86. The quantitative estimate of drug-likeness (QED) is 0.525. The topological polar surface area (TPSA) is 85.6 Å². The minimum atomic E-state index is -0.126. The van der Waals surface area contributed by atoms with Crippen LogP contribution < -0.4 is 5.32 Å². The van der Waals surface area contributed by atoms with E-state index in [0.717, 1.165) is 33.5 Å². The lowest BCUT2D eigenvalue weighted by molar-refractivity contribution is -0.113. The second-order valence-electron chi connectivity index (χ2n) is 6.37. The van der Waals surface area contributed by atoms with Crippen molar-refractivity contribution in [3.63, 3.8) is 0 Å². The van der Waals surface area contributed by atoms with Crippen molar-refractivity contribution in [3.8, 4) is 5.69 Å². The number of pyridine rings is 1. The Bertz CT molecular complexity index is 1140. The largest absolute Gasteiger partial charge is 0.325 e. The molecule has 2 heterocycles. The van der Waals surface area contributed by atoms with Crippen molar-refractivity contribution in [2.24, 2.45) is 0 Å². The lowest BCUT2D eigenvalue weighted by atomic mass is 10.1. The highest BCUT2D eigenvalue weighted by molar-refractivity contribution is 7.99. The third-order valence-electron chi connectivity index (χ3n) is 4.17. The summed E-state index contributed by atoms with van der Waals surface area (Å²) >= 11 is 1.29. The lowest BCUT2D eigenvalue weighted by Crippen LogP contribution is -2.15. The van der Waals surface area contributed by atoms with Crippen LogP contribution in [0.3, 0.4) is 0 Å². The predicted octanol–water partition coefficient (Wildman–Crippen LogP) is 3.56. The second kappa shape index (κ2) is 7.77. The van der Waals surface area contributed by atoms with Crippen molar-refractivity contribution in [3.05, 3.63) is 65.9 Å². The maximum atomic E-state index is 12.5. The first-order valence-corrected chi connectivity index (χ1v) is 9.73. The first kappa shape index (κ1) is 18.1. The van der Waals surface area contributed by atoms with Gasteiger partial charge < -0.3 is 5.32 Å². The molecule has 4 aromatic rings. The number of thioether (sulfide) groups is 1. The van der Waals surface area contributed by atoms with Crippen LogP contribution in [-0.2, 0) is 4.79 Å². The van der Waals surface area contributed by atoms with Gasteiger partial charge in [0.1, 0.15) is 0 Å². The smallest absolute Gasteiger partial charge is 0.234 e. The molecule has 1 N–H and O–H groups in total. The van der Waals surface area contributed by atoms with Gasteiger partial charge in [0.05, 0.1) is 22.6 Å². The summed E-state index contributed by atoms with van der Waals surface area (Å²) in [6, 6.07) is 17.5. The Balaban J connectivity index is 1.48. The summed E-state index contributed by atoms with van der Waals surface area (Å²) in [7, 11) is 0. The summed E-state index contributed by atoms with van der Waals surface area (Å²) in [5.74, 6) is 0.0706. The number of amides is 1. The molecule has 7 nitrogen and oxygen atoms in total. The molecule has 0 radical (unpaired) electrons. The molecule has 0 atom stereocenters. The monoisotopic (exact) mass is 390 g/mol. The van der Waals surface area contributed by atoms with Gasteiger partial charge in [-0.1, -0.05) is 47.7 Å². The zero-order valence-corrected chi connectivity index (χ0v) is 16.3. The third-order valence-corrected chi connectivity index (χ3v) is 5.09. The Kier molecular flexibility index (Phi) is 5.03. The zero-order valence-electron chi connectivity index (χ0n) is 15.5. The van der Waals surface area contributed by atoms with Crippen LogP contribution in [0.4, 0.5) is 5.69 Å². The summed E-state index contributed by atoms with van der Waals surface area (Å²) in [5, 5.41) is 16.3. The highest BCUT2D eigenvalue weighted by Gasteiger charge is 2.13. The first-order chi connectivity index (χ1) is 13.6. The van der Waals surface area contributed by atoms with Crippen LogP contribution in [0.25, 0.3) is 16.6 Å². The van der Waals surface area contributed by atoms with E-state index < -0.39 is 0 Å². The summed E-state index contributed by atoms with van der Waals surface area (Å²) < 4.78 is 1.63. The van der Waals surface area contributed by atoms with Gasteiger partial charge in [-0.15, -0.1) is 5.10 Å². The molecule has 28 heavy (non-hydrogen) atoms. The number of aryl methyl sites for hydroxylation is 2. The number of hydrogen-bond donors (Lipinski definition) is 1. The number of anilines is 1. The average Bonchev–Trinajstić information content (AvgIpc) is 3.15. The Hall–Kier alpha value is -3.26. The van der Waals surface area contributed by atoms with E-state index in [0.29, 0.717) is 5.16 Å². The van der Waals surface area contributed by atoms with E-state index in [1.165, 1.54) is 11.8 Å². The maximum absolute atomic E-state index is 12.5. The average molecular weight is 390 g/mol. The Morgan fingerprint density at radius 3 is 2.71 bits per heavy atom. The van der Waals surface area contributed by atoms with Crippen LogP contribution in [0.1, 0.15) is 11.3 Å². The lowest BCUT2D eigenvalue weighted by Gasteiger charge is -2.09. The number of nitrogens with zero attached hydrogens (tertiary/aromatic N) is 5. The molecule has 0 spiro atoms. The molecule has 0 fully saturated rings. The van der Waals surface area contributed by atoms with Crippen molar-refractivity contribution in [2.45, 2.75) is 19.0 Å². The number of hydrogen-bond acceptors (Lipinski definition) is 6. The number of aromatic nitrogens is 5. The van der Waals surface area contributed by atoms with Crippen molar-refractivity contribution >= 4 is 34.3 Å². The van der Waals surface area contributed by atoms with Gasteiger partial charge in [0, 0.05) is 11.1 Å². The number of rotatable bonds is 5. The van der Waals surface area contributed by atoms with Gasteiger partial charge in [-0.2, -0.15) is 4.68 Å². The molecule has 2 aromatic carbocycles. The van der Waals surface area contributed by atoms with Gasteiger partial charge in [0.15, 0.2) is 0 Å². The summed E-state index contributed by atoms with van der Waals surface area (Å²) in [6.07, 6.45) is 0. The molecule has 2 aromatic heterocycles. The molecule has 0 aliphatic carbocycles. The molecule has 0 unspecified atom stereocenters. The number of para-hydroxylation sites is 1. The Morgan fingerprint density at radius 2 is 1.89 bits per heavy atom. The second-order valence-corrected chi connectivity index (χ2v) is 7.32. The molecular weight excluding hydrogens is 372 g/mol. The number of carbonyl (C=O) groups excluding carboxylic acids is 1. The molecule has 0 saturated carbocycles. The summed E-state index contributed by atoms with van der Waals surface area (Å²) in [5.41, 5.74) is 4.48. The van der Waals surface area contributed by atoms with Crippen molar-refractivity contribution in [2.75, 3.05) is 11.1 Å². The SMILES string of the molecule is Cc1ccc(-n2nnnc2SCC(=O)Nc2cc(C)nc3ccccc23)cc1. The van der Waals surface area contributed by atoms with Crippen molar-refractivity contribution in [1.82, 2.24) is 25.2 Å². The van der Waals surface area contributed by atoms with Gasteiger partial charge in [-0.05, 0) is 48.5 Å². The van der Waals surface area contributed by atoms with E-state index in [-0.39, 0.29) is 11.7 Å². The van der Waals surface area contributed by atoms with Crippen LogP contribution in [0.2, 0.25) is 0 Å². The van der Waals surface area contributed by atoms with Gasteiger partial charge in [0.2, 0.25) is 11.1 Å². The highest BCUT2D eigenvalue weighted by atomic mass is 32.2. The van der Waals surface area contributed by atoms with E-state index in [1.54, 1.807) is 4.68 Å². The van der Waals surface area contributed by atoms with E-state index in [2.05, 4.69) is 25.8 Å². The van der Waals surface area contributed by atoms with Crippen LogP contribution >= 0.6 is 11.8 Å². The van der Waals surface area contributed by atoms with Crippen LogP contribution in [0, 0.1) is 13.8 Å². The van der Waals surface area contributed by atoms with Crippen LogP contribution in [0.15, 0.2) is 59.8 Å². The number of carbonyl (C=O) groups is 1. The number of nitrogens with one attached hydrogen (secondary N) is 1. The molecule has 140 valence electrons. The van der Waals surface area contributed by atoms with E-state index >= 15 is 0 Å². The van der Waals surface area contributed by atoms with E-state index in [9.17, 15) is 4.79 Å². The molecule has 0 saturated heterocycles. The van der Waals surface area contributed by atoms with E-state index in [1.807, 2.05) is 68.4 Å². The molecular formula is C20H18N6OS. The fraction of sp³-hybridized carbons (Fsp3) is 0.150. The molecule has 1 amide bonds. The van der Waals surface area contributed by atoms with E-state index in [4.69, 9.17) is 0 Å². The van der Waals surface area contributed by atoms with Gasteiger partial charge >= 0.3 is 0 Å². The molecule has 8 heteroatoms. The molecule has 0 aliphatic heterocycles. The fourth-order valence-electron chi connectivity index (χ4n) is 2.84. The van der Waals surface area contributed by atoms with Crippen molar-refractivity contribution < 1.29 is 4.79 Å². The van der Waals surface area contributed by atoms with Gasteiger partial charge in [0.25, 0.3) is 0 Å². The fourth-order valence-corrected chi connectivity index (χ4v) is 3.54. The summed E-state index contributed by atoms with van der Waals surface area (Å²) in [4.78, 5) is 17.0. The molecule has 0 bridgehead atoms. The standard InChI is InChI=1S/C20H18N6OS/c1-13-7-9-15(10-8-13)26-20(23-24-25-26)28-12-19(27)22-18-11-14(2)21-17-6-4-3-5-16(17)18/h3-11H,12H2,1-2H3,(H,21,22,27). The van der Waals surface area contributed by atoms with Crippen molar-refractivity contribution in [1.29, 1.82) is 0 Å². The molecule has 0 aliphatic rings. The predicted molar refractivity (Wildman–Crippen MR) is 110 cm³/mol. The number of tetrazole rings is 1. The van der Waals surface area contributed by atoms with Gasteiger partial charge in [-0.25, -0.2) is 0 Å². The van der Waals surface area contributed by atoms with Crippen LogP contribution in [0.5, 0.6) is 0 Å². The van der Waals surface area contributed by atoms with Crippen LogP contribution in [-0.4, -0.2) is 36.9 Å². The zero-order chi connectivity index (χ0) is 19.5. The normalized spacial score (nSPS) is 10.9. The minimum Gasteiger partial charge on any atom is -0.325 e. The minimum absolute atomic E-state index is 0.126. The Morgan fingerprint density at radius 1 is 1.11 bits per heavy atom. The number of benzene rings is 2. The summed E-state index contributed by atoms with van der Waals surface area (Å²) in [6.45, 7) is 3.93. The maximum Gasteiger partial charge on any atom is 0.234 e. The Labute approximate surface area is 166 Å². The first-order valence-electron chi connectivity index (χ1n) is 8.74. The van der Waals surface area contributed by atoms with Gasteiger partial charge in [-0.3, -0.25) is 9.78 Å².